The minimum Gasteiger partial charge on any atom is -0.496 e. The second-order valence-electron chi connectivity index (χ2n) is 7.45. The number of hydrogen-bond donors (Lipinski definition) is 0. The van der Waals surface area contributed by atoms with Gasteiger partial charge in [0.2, 0.25) is 0 Å². The number of methoxy groups -OCH3 is 1. The molecule has 0 unspecified atom stereocenters. The molecule has 1 saturated heterocycles. The molecule has 1 aliphatic heterocycles. The summed E-state index contributed by atoms with van der Waals surface area (Å²) in [4.78, 5) is 28.7. The van der Waals surface area contributed by atoms with Gasteiger partial charge in [-0.05, 0) is 42.0 Å². The monoisotopic (exact) mass is 419 g/mol. The SMILES string of the molecule is COc1ccc(C=C2C(=O)OC(C)(C)OC2=O)cc1COc1ccc2cccnc2c1. The molecule has 3 aromatic rings. The maximum atomic E-state index is 12.2. The third-order valence-corrected chi connectivity index (χ3v) is 4.70. The Morgan fingerprint density at radius 3 is 2.55 bits per heavy atom. The number of ether oxygens (including phenoxy) is 4. The highest BCUT2D eigenvalue weighted by atomic mass is 16.7. The molecule has 0 bridgehead atoms. The van der Waals surface area contributed by atoms with Crippen LogP contribution in [0.25, 0.3) is 17.0 Å². The summed E-state index contributed by atoms with van der Waals surface area (Å²) < 4.78 is 21.6. The Morgan fingerprint density at radius 2 is 1.81 bits per heavy atom. The number of carbonyl (C=O) groups excluding carboxylic acids is 2. The molecule has 31 heavy (non-hydrogen) atoms. The number of rotatable bonds is 5. The molecule has 0 spiro atoms. The van der Waals surface area contributed by atoms with E-state index < -0.39 is 17.7 Å². The van der Waals surface area contributed by atoms with Crippen LogP contribution in [0.5, 0.6) is 11.5 Å². The Balaban J connectivity index is 1.57. The predicted molar refractivity (Wildman–Crippen MR) is 113 cm³/mol. The van der Waals surface area contributed by atoms with E-state index in [1.165, 1.54) is 19.9 Å². The molecule has 2 heterocycles. The van der Waals surface area contributed by atoms with E-state index >= 15 is 0 Å². The smallest absolute Gasteiger partial charge is 0.348 e. The van der Waals surface area contributed by atoms with E-state index in [1.54, 1.807) is 31.5 Å². The van der Waals surface area contributed by atoms with Crippen molar-refractivity contribution in [1.29, 1.82) is 0 Å². The Labute approximate surface area is 179 Å². The van der Waals surface area contributed by atoms with Crippen LogP contribution in [0.3, 0.4) is 0 Å². The van der Waals surface area contributed by atoms with Crippen molar-refractivity contribution in [3.63, 3.8) is 0 Å². The highest BCUT2D eigenvalue weighted by molar-refractivity contribution is 6.18. The van der Waals surface area contributed by atoms with Crippen molar-refractivity contribution in [3.8, 4) is 11.5 Å². The highest BCUT2D eigenvalue weighted by Gasteiger charge is 2.38. The summed E-state index contributed by atoms with van der Waals surface area (Å²) in [6.45, 7) is 3.23. The molecule has 1 aliphatic rings. The molecular formula is C24H21NO6. The average molecular weight is 419 g/mol. The number of cyclic esters (lactones) is 2. The molecule has 7 nitrogen and oxygen atoms in total. The lowest BCUT2D eigenvalue weighted by molar-refractivity contribution is -0.222. The molecule has 0 radical (unpaired) electrons. The van der Waals surface area contributed by atoms with Crippen molar-refractivity contribution < 1.29 is 28.5 Å². The number of nitrogens with zero attached hydrogens (tertiary/aromatic N) is 1. The summed E-state index contributed by atoms with van der Waals surface area (Å²) in [5.74, 6) is -1.44. The van der Waals surface area contributed by atoms with Gasteiger partial charge in [-0.1, -0.05) is 12.1 Å². The van der Waals surface area contributed by atoms with Gasteiger partial charge < -0.3 is 18.9 Å². The predicted octanol–water partition coefficient (Wildman–Crippen LogP) is 4.04. The van der Waals surface area contributed by atoms with Gasteiger partial charge in [-0.2, -0.15) is 0 Å². The first-order valence-electron chi connectivity index (χ1n) is 9.67. The van der Waals surface area contributed by atoms with Crippen LogP contribution in [-0.4, -0.2) is 29.8 Å². The zero-order valence-electron chi connectivity index (χ0n) is 17.4. The van der Waals surface area contributed by atoms with E-state index in [1.807, 2.05) is 30.3 Å². The summed E-state index contributed by atoms with van der Waals surface area (Å²) in [5, 5.41) is 1.02. The van der Waals surface area contributed by atoms with Gasteiger partial charge in [0.1, 0.15) is 23.7 Å². The molecule has 0 saturated carbocycles. The number of esters is 2. The van der Waals surface area contributed by atoms with Crippen molar-refractivity contribution in [3.05, 3.63) is 71.4 Å². The minimum atomic E-state index is -1.28. The maximum Gasteiger partial charge on any atom is 0.348 e. The summed E-state index contributed by atoms with van der Waals surface area (Å²) in [6.07, 6.45) is 3.16. The Hall–Kier alpha value is -3.87. The first-order chi connectivity index (χ1) is 14.8. The highest BCUT2D eigenvalue weighted by Crippen LogP contribution is 2.27. The van der Waals surface area contributed by atoms with Crippen molar-refractivity contribution in [1.82, 2.24) is 4.98 Å². The quantitative estimate of drug-likeness (QED) is 0.351. The van der Waals surface area contributed by atoms with Crippen LogP contribution in [0.2, 0.25) is 0 Å². The van der Waals surface area contributed by atoms with Crippen molar-refractivity contribution in [2.45, 2.75) is 26.2 Å². The third-order valence-electron chi connectivity index (χ3n) is 4.70. The van der Waals surface area contributed by atoms with Gasteiger partial charge in [-0.15, -0.1) is 0 Å². The lowest BCUT2D eigenvalue weighted by atomic mass is 10.1. The van der Waals surface area contributed by atoms with E-state index in [9.17, 15) is 9.59 Å². The summed E-state index contributed by atoms with van der Waals surface area (Å²) in [5.41, 5.74) is 2.03. The zero-order chi connectivity index (χ0) is 22.0. The summed E-state index contributed by atoms with van der Waals surface area (Å²) in [7, 11) is 1.56. The molecule has 0 amide bonds. The molecular weight excluding hydrogens is 398 g/mol. The van der Waals surface area contributed by atoms with E-state index in [2.05, 4.69) is 4.98 Å². The van der Waals surface area contributed by atoms with Gasteiger partial charge in [-0.25, -0.2) is 9.59 Å². The minimum absolute atomic E-state index is 0.169. The Bertz CT molecular complexity index is 1180. The topological polar surface area (TPSA) is 84.0 Å². The van der Waals surface area contributed by atoms with Gasteiger partial charge in [-0.3, -0.25) is 4.98 Å². The van der Waals surface area contributed by atoms with Gasteiger partial charge in [0, 0.05) is 37.1 Å². The third kappa shape index (κ3) is 4.50. The van der Waals surface area contributed by atoms with E-state index in [-0.39, 0.29) is 12.2 Å². The molecule has 2 aromatic carbocycles. The molecule has 0 aliphatic carbocycles. The average Bonchev–Trinajstić information content (AvgIpc) is 2.74. The van der Waals surface area contributed by atoms with Gasteiger partial charge in [0.15, 0.2) is 0 Å². The van der Waals surface area contributed by atoms with Gasteiger partial charge in [0.25, 0.3) is 5.79 Å². The van der Waals surface area contributed by atoms with Crippen molar-refractivity contribution >= 4 is 28.9 Å². The Kier molecular flexibility index (Phi) is 5.33. The number of benzene rings is 2. The van der Waals surface area contributed by atoms with Crippen molar-refractivity contribution in [2.75, 3.05) is 7.11 Å². The molecule has 1 fully saturated rings. The number of hydrogen-bond acceptors (Lipinski definition) is 7. The van der Waals surface area contributed by atoms with E-state index in [0.717, 1.165) is 16.5 Å². The fourth-order valence-electron chi connectivity index (χ4n) is 3.24. The molecule has 7 heteroatoms. The first kappa shape index (κ1) is 20.4. The van der Waals surface area contributed by atoms with E-state index in [4.69, 9.17) is 18.9 Å². The molecule has 0 N–H and O–H groups in total. The molecule has 0 atom stereocenters. The van der Waals surface area contributed by atoms with Crippen LogP contribution in [-0.2, 0) is 25.7 Å². The fraction of sp³-hybridized carbons (Fsp3) is 0.208. The standard InChI is InChI=1S/C24H21NO6/c1-24(2)30-22(26)19(23(27)31-24)12-15-6-9-21(28-3)17(11-15)14-29-18-8-7-16-5-4-10-25-20(16)13-18/h4-13H,14H2,1-3H3. The number of carbonyl (C=O) groups is 2. The molecule has 1 aromatic heterocycles. The van der Waals surface area contributed by atoms with Gasteiger partial charge >= 0.3 is 11.9 Å². The Morgan fingerprint density at radius 1 is 1.03 bits per heavy atom. The number of fused-ring (bicyclic) bond motifs is 1. The van der Waals surface area contributed by atoms with Crippen LogP contribution in [0.1, 0.15) is 25.0 Å². The number of aromatic nitrogens is 1. The normalized spacial score (nSPS) is 15.3. The van der Waals surface area contributed by atoms with Crippen LogP contribution < -0.4 is 9.47 Å². The fourth-order valence-corrected chi connectivity index (χ4v) is 3.24. The summed E-state index contributed by atoms with van der Waals surface area (Å²) >= 11 is 0. The summed E-state index contributed by atoms with van der Waals surface area (Å²) in [6, 6.07) is 14.8. The molecule has 4 rings (SSSR count). The lowest BCUT2D eigenvalue weighted by Gasteiger charge is -2.29. The number of pyridine rings is 1. The van der Waals surface area contributed by atoms with Crippen LogP contribution in [0, 0.1) is 0 Å². The van der Waals surface area contributed by atoms with Crippen molar-refractivity contribution in [2.24, 2.45) is 0 Å². The van der Waals surface area contributed by atoms with Crippen LogP contribution in [0.4, 0.5) is 0 Å². The second kappa shape index (κ2) is 8.10. The van der Waals surface area contributed by atoms with Gasteiger partial charge in [0.05, 0.1) is 12.6 Å². The molecule has 158 valence electrons. The first-order valence-corrected chi connectivity index (χ1v) is 9.67. The lowest BCUT2D eigenvalue weighted by Crippen LogP contribution is -2.41. The maximum absolute atomic E-state index is 12.2. The van der Waals surface area contributed by atoms with Crippen LogP contribution in [0.15, 0.2) is 60.3 Å². The van der Waals surface area contributed by atoms with Crippen LogP contribution >= 0.6 is 0 Å². The zero-order valence-corrected chi connectivity index (χ0v) is 17.4. The second-order valence-corrected chi connectivity index (χ2v) is 7.45. The van der Waals surface area contributed by atoms with E-state index in [0.29, 0.717) is 17.1 Å². The largest absolute Gasteiger partial charge is 0.496 e.